The number of hydrogen-bond donors (Lipinski definition) is 2. The van der Waals surface area contributed by atoms with E-state index in [4.69, 9.17) is 33.0 Å². The van der Waals surface area contributed by atoms with Gasteiger partial charge in [0.25, 0.3) is 5.91 Å². The number of thiocarbonyl (C=S) groups is 1. The van der Waals surface area contributed by atoms with Gasteiger partial charge >= 0.3 is 0 Å². The highest BCUT2D eigenvalue weighted by atomic mass is 35.5. The Kier molecular flexibility index (Phi) is 8.41. The van der Waals surface area contributed by atoms with Crippen LogP contribution in [0.5, 0.6) is 5.75 Å². The van der Waals surface area contributed by atoms with Gasteiger partial charge in [-0.3, -0.25) is 9.78 Å². The van der Waals surface area contributed by atoms with Crippen molar-refractivity contribution in [1.29, 1.82) is 0 Å². The number of hydrogen-bond acceptors (Lipinski definition) is 6. The number of nitrogens with one attached hydrogen (secondary N) is 2. The number of para-hydroxylation sites is 1. The SMILES string of the molecule is O=C(COc1ccccc1)Nc1ccc(N2C(=S)N[C@@H](c3ccccn3)[C@H]2c2ccc(Sc3ccc(Cl)cc3)o2)cc1. The summed E-state index contributed by atoms with van der Waals surface area (Å²) in [5, 5.41) is 8.30. The first kappa shape index (κ1) is 27.8. The molecule has 0 aliphatic carbocycles. The van der Waals surface area contributed by atoms with Crippen LogP contribution < -0.4 is 20.3 Å². The molecule has 2 atom stereocenters. The molecule has 1 aliphatic heterocycles. The first-order chi connectivity index (χ1) is 20.5. The summed E-state index contributed by atoms with van der Waals surface area (Å²) in [5.41, 5.74) is 2.34. The molecule has 1 amide bonds. The molecule has 3 aromatic carbocycles. The van der Waals surface area contributed by atoms with Crippen LogP contribution in [0.4, 0.5) is 11.4 Å². The van der Waals surface area contributed by atoms with Crippen molar-refractivity contribution in [2.45, 2.75) is 22.1 Å². The third-order valence-electron chi connectivity index (χ3n) is 6.57. The second-order valence-electron chi connectivity index (χ2n) is 9.41. The van der Waals surface area contributed by atoms with Gasteiger partial charge in [0.15, 0.2) is 16.8 Å². The van der Waals surface area contributed by atoms with Crippen LogP contribution in [0.15, 0.2) is 130 Å². The zero-order valence-corrected chi connectivity index (χ0v) is 24.5. The van der Waals surface area contributed by atoms with E-state index in [1.807, 2.05) is 114 Å². The molecule has 0 saturated carbocycles. The van der Waals surface area contributed by atoms with Gasteiger partial charge in [-0.15, -0.1) is 0 Å². The lowest BCUT2D eigenvalue weighted by molar-refractivity contribution is -0.118. The van der Waals surface area contributed by atoms with Crippen LogP contribution >= 0.6 is 35.6 Å². The zero-order valence-electron chi connectivity index (χ0n) is 22.1. The normalized spacial score (nSPS) is 16.2. The van der Waals surface area contributed by atoms with Gasteiger partial charge in [-0.2, -0.15) is 0 Å². The molecule has 2 N–H and O–H groups in total. The summed E-state index contributed by atoms with van der Waals surface area (Å²) in [6, 6.07) is 33.6. The van der Waals surface area contributed by atoms with E-state index in [0.29, 0.717) is 21.6 Å². The van der Waals surface area contributed by atoms with Gasteiger partial charge < -0.3 is 24.7 Å². The van der Waals surface area contributed by atoms with Crippen LogP contribution in [0.25, 0.3) is 0 Å². The molecule has 0 spiro atoms. The van der Waals surface area contributed by atoms with E-state index in [-0.39, 0.29) is 24.6 Å². The maximum Gasteiger partial charge on any atom is 0.262 e. The van der Waals surface area contributed by atoms with Crippen molar-refractivity contribution < 1.29 is 13.9 Å². The summed E-state index contributed by atoms with van der Waals surface area (Å²) in [5.74, 6) is 1.13. The van der Waals surface area contributed by atoms with Gasteiger partial charge in [-0.25, -0.2) is 0 Å². The minimum atomic E-state index is -0.299. The molecule has 0 radical (unpaired) electrons. The van der Waals surface area contributed by atoms with Crippen LogP contribution in [0.1, 0.15) is 23.5 Å². The van der Waals surface area contributed by atoms with Crippen LogP contribution in [-0.4, -0.2) is 22.6 Å². The lowest BCUT2D eigenvalue weighted by Crippen LogP contribution is -2.29. The van der Waals surface area contributed by atoms with Gasteiger partial charge in [0.2, 0.25) is 0 Å². The van der Waals surface area contributed by atoms with E-state index in [9.17, 15) is 4.79 Å². The topological polar surface area (TPSA) is 79.6 Å². The van der Waals surface area contributed by atoms with Gasteiger partial charge in [0.05, 0.1) is 11.7 Å². The highest BCUT2D eigenvalue weighted by Crippen LogP contribution is 2.43. The summed E-state index contributed by atoms with van der Waals surface area (Å²) >= 11 is 13.4. The van der Waals surface area contributed by atoms with Crippen molar-refractivity contribution in [3.05, 3.63) is 132 Å². The number of anilines is 2. The van der Waals surface area contributed by atoms with Crippen molar-refractivity contribution in [1.82, 2.24) is 10.3 Å². The van der Waals surface area contributed by atoms with Crippen molar-refractivity contribution in [2.24, 2.45) is 0 Å². The molecule has 0 bridgehead atoms. The summed E-state index contributed by atoms with van der Waals surface area (Å²) in [6.45, 7) is -0.0887. The first-order valence-electron chi connectivity index (χ1n) is 13.1. The van der Waals surface area contributed by atoms with E-state index in [0.717, 1.165) is 27.1 Å². The van der Waals surface area contributed by atoms with Gasteiger partial charge in [0.1, 0.15) is 17.6 Å². The Morgan fingerprint density at radius 1 is 0.976 bits per heavy atom. The lowest BCUT2D eigenvalue weighted by Gasteiger charge is -2.26. The molecule has 10 heteroatoms. The van der Waals surface area contributed by atoms with Crippen LogP contribution in [0.3, 0.4) is 0 Å². The second-order valence-corrected chi connectivity index (χ2v) is 11.3. The average Bonchev–Trinajstić information content (AvgIpc) is 3.62. The van der Waals surface area contributed by atoms with Crippen LogP contribution in [0, 0.1) is 0 Å². The Morgan fingerprint density at radius 3 is 2.48 bits per heavy atom. The van der Waals surface area contributed by atoms with Gasteiger partial charge in [-0.1, -0.05) is 47.6 Å². The number of furan rings is 1. The third kappa shape index (κ3) is 6.44. The number of benzene rings is 3. The molecule has 7 nitrogen and oxygen atoms in total. The number of carbonyl (C=O) groups excluding carboxylic acids is 1. The van der Waals surface area contributed by atoms with Crippen LogP contribution in [0.2, 0.25) is 5.02 Å². The Balaban J connectivity index is 1.22. The Labute approximate surface area is 257 Å². The molecular formula is C32H25ClN4O3S2. The fraction of sp³-hybridized carbons (Fsp3) is 0.0938. The van der Waals surface area contributed by atoms with E-state index in [1.54, 1.807) is 6.20 Å². The molecule has 42 heavy (non-hydrogen) atoms. The third-order valence-corrected chi connectivity index (χ3v) is 8.06. The molecule has 2 aromatic heterocycles. The number of nitrogens with zero attached hydrogens (tertiary/aromatic N) is 2. The molecule has 6 rings (SSSR count). The van der Waals surface area contributed by atoms with E-state index >= 15 is 0 Å². The molecule has 5 aromatic rings. The fourth-order valence-corrected chi connectivity index (χ4v) is 5.91. The monoisotopic (exact) mass is 612 g/mol. The minimum Gasteiger partial charge on any atom is -0.484 e. The molecular weight excluding hydrogens is 588 g/mol. The first-order valence-corrected chi connectivity index (χ1v) is 14.8. The highest BCUT2D eigenvalue weighted by molar-refractivity contribution is 7.99. The fourth-order valence-electron chi connectivity index (χ4n) is 4.66. The van der Waals surface area contributed by atoms with Crippen molar-refractivity contribution in [3.8, 4) is 5.75 Å². The lowest BCUT2D eigenvalue weighted by atomic mass is 10.0. The summed E-state index contributed by atoms with van der Waals surface area (Å²) in [6.07, 6.45) is 1.77. The van der Waals surface area contributed by atoms with Crippen molar-refractivity contribution in [2.75, 3.05) is 16.8 Å². The number of carbonyl (C=O) groups is 1. The number of ether oxygens (including phenoxy) is 1. The van der Waals surface area contributed by atoms with Crippen molar-refractivity contribution >= 4 is 58.0 Å². The molecule has 3 heterocycles. The average molecular weight is 613 g/mol. The second kappa shape index (κ2) is 12.7. The van der Waals surface area contributed by atoms with E-state index in [1.165, 1.54) is 11.8 Å². The van der Waals surface area contributed by atoms with Gasteiger partial charge in [-0.05, 0) is 97.1 Å². The number of pyridine rings is 1. The summed E-state index contributed by atoms with van der Waals surface area (Å²) in [4.78, 5) is 20.1. The highest BCUT2D eigenvalue weighted by Gasteiger charge is 2.42. The Morgan fingerprint density at radius 2 is 1.74 bits per heavy atom. The molecule has 1 saturated heterocycles. The summed E-state index contributed by atoms with van der Waals surface area (Å²) in [7, 11) is 0. The standard InChI is InChI=1S/C32H25ClN4O3S2/c33-21-9-15-25(16-10-21)42-29-18-17-27(40-29)31-30(26-8-4-5-19-34-26)36-32(41)37(31)23-13-11-22(12-14-23)35-28(38)20-39-24-6-2-1-3-7-24/h1-19,30-31H,20H2,(H,35,38)(H,36,41)/t30-,31+/m0/s1. The molecule has 210 valence electrons. The smallest absolute Gasteiger partial charge is 0.262 e. The van der Waals surface area contributed by atoms with E-state index < -0.39 is 0 Å². The molecule has 1 fully saturated rings. The number of rotatable bonds is 9. The number of amides is 1. The van der Waals surface area contributed by atoms with E-state index in [2.05, 4.69) is 15.6 Å². The maximum atomic E-state index is 12.5. The summed E-state index contributed by atoms with van der Waals surface area (Å²) < 4.78 is 11.9. The largest absolute Gasteiger partial charge is 0.484 e. The predicted molar refractivity (Wildman–Crippen MR) is 169 cm³/mol. The minimum absolute atomic E-state index is 0.0887. The Hall–Kier alpha value is -4.31. The predicted octanol–water partition coefficient (Wildman–Crippen LogP) is 7.67. The Bertz CT molecular complexity index is 1670. The molecule has 1 aliphatic rings. The van der Waals surface area contributed by atoms with Gasteiger partial charge in [0, 0.05) is 27.5 Å². The molecule has 0 unspecified atom stereocenters. The quantitative estimate of drug-likeness (QED) is 0.164. The maximum absolute atomic E-state index is 12.5. The van der Waals surface area contributed by atoms with Crippen LogP contribution in [-0.2, 0) is 4.79 Å². The number of halogens is 1. The zero-order chi connectivity index (χ0) is 28.9. The number of aromatic nitrogens is 1. The van der Waals surface area contributed by atoms with Crippen molar-refractivity contribution in [3.63, 3.8) is 0 Å².